The lowest BCUT2D eigenvalue weighted by Crippen LogP contribution is -2.33. The van der Waals surface area contributed by atoms with Gasteiger partial charge in [0.05, 0.1) is 5.69 Å². The van der Waals surface area contributed by atoms with Gasteiger partial charge in [0.15, 0.2) is 0 Å². The Labute approximate surface area is 141 Å². The van der Waals surface area contributed by atoms with Gasteiger partial charge in [0.2, 0.25) is 5.43 Å². The molecule has 0 atom stereocenters. The summed E-state index contributed by atoms with van der Waals surface area (Å²) in [4.78, 5) is 15.2. The molecule has 3 heteroatoms. The van der Waals surface area contributed by atoms with E-state index >= 15 is 0 Å². The molecular formula is C20H21NOS. The first-order valence-corrected chi connectivity index (χ1v) is 8.77. The Balaban J connectivity index is 2.08. The highest BCUT2D eigenvalue weighted by Crippen LogP contribution is 2.24. The van der Waals surface area contributed by atoms with Crippen molar-refractivity contribution in [2.24, 2.45) is 0 Å². The number of aryl methyl sites for hydroxylation is 1. The molecule has 2 nitrogen and oxygen atoms in total. The molecule has 0 radical (unpaired) electrons. The zero-order chi connectivity index (χ0) is 16.4. The maximum Gasteiger partial charge on any atom is 0.211 e. The first-order valence-electron chi connectivity index (χ1n) is 7.89. The molecule has 0 aliphatic carbocycles. The minimum atomic E-state index is 0.132. The third-order valence-electron chi connectivity index (χ3n) is 4.04. The van der Waals surface area contributed by atoms with E-state index in [9.17, 15) is 4.79 Å². The largest absolute Gasteiger partial charge is 0.361 e. The van der Waals surface area contributed by atoms with Crippen LogP contribution in [0.3, 0.4) is 0 Å². The summed E-state index contributed by atoms with van der Waals surface area (Å²) in [5, 5.41) is 2.83. The summed E-state index contributed by atoms with van der Waals surface area (Å²) >= 11 is 1.64. The van der Waals surface area contributed by atoms with E-state index in [0.717, 1.165) is 27.9 Å². The van der Waals surface area contributed by atoms with E-state index in [1.165, 1.54) is 5.56 Å². The van der Waals surface area contributed by atoms with Crippen LogP contribution >= 0.6 is 11.3 Å². The predicted molar refractivity (Wildman–Crippen MR) is 101 cm³/mol. The van der Waals surface area contributed by atoms with E-state index in [4.69, 9.17) is 0 Å². The van der Waals surface area contributed by atoms with Crippen molar-refractivity contribution in [3.63, 3.8) is 0 Å². The normalized spacial score (nSPS) is 11.1. The van der Waals surface area contributed by atoms with Crippen molar-refractivity contribution in [3.05, 3.63) is 75.3 Å². The smallest absolute Gasteiger partial charge is 0.211 e. The van der Waals surface area contributed by atoms with Gasteiger partial charge >= 0.3 is 0 Å². The average Bonchev–Trinajstić information content (AvgIpc) is 2.55. The maximum absolute atomic E-state index is 13.0. The molecule has 0 bridgehead atoms. The van der Waals surface area contributed by atoms with Crippen molar-refractivity contribution in [3.8, 4) is 0 Å². The van der Waals surface area contributed by atoms with Gasteiger partial charge in [-0.2, -0.15) is 0 Å². The third kappa shape index (κ3) is 3.30. The van der Waals surface area contributed by atoms with E-state index in [2.05, 4.69) is 36.9 Å². The van der Waals surface area contributed by atoms with Crippen LogP contribution in [-0.2, 0) is 6.54 Å². The summed E-state index contributed by atoms with van der Waals surface area (Å²) in [5.41, 5.74) is 3.27. The van der Waals surface area contributed by atoms with Crippen LogP contribution in [0.2, 0.25) is 0 Å². The van der Waals surface area contributed by atoms with Crippen molar-refractivity contribution >= 4 is 27.1 Å². The monoisotopic (exact) mass is 323 g/mol. The quantitative estimate of drug-likeness (QED) is 0.674. The summed E-state index contributed by atoms with van der Waals surface area (Å²) in [5.74, 6) is 0. The van der Waals surface area contributed by atoms with Gasteiger partial charge in [-0.05, 0) is 38.5 Å². The van der Waals surface area contributed by atoms with Gasteiger partial charge in [-0.1, -0.05) is 42.0 Å². The Morgan fingerprint density at radius 3 is 2.52 bits per heavy atom. The lowest BCUT2D eigenvalue weighted by molar-refractivity contribution is 0.682. The second-order valence-electron chi connectivity index (χ2n) is 6.16. The minimum Gasteiger partial charge on any atom is -0.361 e. The standard InChI is InChI=1S/C20H21NOS/c1-14(2)21(12-16-7-5-4-6-8-16)18-13-23-19-10-9-15(3)11-17(19)20(18)22/h4-11,13-14H,12H2,1-3H3. The second kappa shape index (κ2) is 6.55. The molecule has 3 rings (SSSR count). The zero-order valence-corrected chi connectivity index (χ0v) is 14.6. The van der Waals surface area contributed by atoms with Gasteiger partial charge in [-0.3, -0.25) is 4.79 Å². The minimum absolute atomic E-state index is 0.132. The lowest BCUT2D eigenvalue weighted by atomic mass is 10.1. The Hall–Kier alpha value is -2.13. The SMILES string of the molecule is Cc1ccc2scc(N(Cc3ccccc3)C(C)C)c(=O)c2c1. The number of hydrogen-bond acceptors (Lipinski definition) is 3. The molecule has 0 aliphatic rings. The molecule has 0 N–H and O–H groups in total. The number of rotatable bonds is 4. The van der Waals surface area contributed by atoms with Crippen molar-refractivity contribution in [1.29, 1.82) is 0 Å². The van der Waals surface area contributed by atoms with Gasteiger partial charge in [0.25, 0.3) is 0 Å². The summed E-state index contributed by atoms with van der Waals surface area (Å²) in [6.07, 6.45) is 0. The first kappa shape index (κ1) is 15.8. The molecule has 1 heterocycles. The van der Waals surface area contributed by atoms with Crippen LogP contribution in [0.25, 0.3) is 10.1 Å². The van der Waals surface area contributed by atoms with E-state index in [1.807, 2.05) is 42.6 Å². The van der Waals surface area contributed by atoms with Crippen LogP contribution in [0.4, 0.5) is 5.69 Å². The molecule has 0 spiro atoms. The summed E-state index contributed by atoms with van der Waals surface area (Å²) in [6.45, 7) is 7.04. The Kier molecular flexibility index (Phi) is 4.49. The average molecular weight is 323 g/mol. The van der Waals surface area contributed by atoms with Crippen LogP contribution in [-0.4, -0.2) is 6.04 Å². The summed E-state index contributed by atoms with van der Waals surface area (Å²) in [6, 6.07) is 16.7. The molecule has 1 aromatic heterocycles. The summed E-state index contributed by atoms with van der Waals surface area (Å²) in [7, 11) is 0. The van der Waals surface area contributed by atoms with Crippen molar-refractivity contribution < 1.29 is 0 Å². The molecule has 0 aliphatic heterocycles. The Morgan fingerprint density at radius 2 is 1.83 bits per heavy atom. The number of hydrogen-bond donors (Lipinski definition) is 0. The van der Waals surface area contributed by atoms with Crippen molar-refractivity contribution in [2.45, 2.75) is 33.4 Å². The van der Waals surface area contributed by atoms with Crippen LogP contribution in [0, 0.1) is 6.92 Å². The zero-order valence-electron chi connectivity index (χ0n) is 13.7. The Bertz CT molecular complexity index is 868. The topological polar surface area (TPSA) is 20.3 Å². The number of benzene rings is 2. The number of nitrogens with zero attached hydrogens (tertiary/aromatic N) is 1. The third-order valence-corrected chi connectivity index (χ3v) is 4.99. The molecule has 0 saturated heterocycles. The van der Waals surface area contributed by atoms with E-state index in [0.29, 0.717) is 0 Å². The predicted octanol–water partition coefficient (Wildman–Crippen LogP) is 4.98. The van der Waals surface area contributed by atoms with Crippen molar-refractivity contribution in [2.75, 3.05) is 4.90 Å². The van der Waals surface area contributed by atoms with Gasteiger partial charge in [0.1, 0.15) is 0 Å². The van der Waals surface area contributed by atoms with Gasteiger partial charge in [-0.15, -0.1) is 11.3 Å². The van der Waals surface area contributed by atoms with E-state index in [1.54, 1.807) is 11.3 Å². The maximum atomic E-state index is 13.0. The molecule has 118 valence electrons. The molecule has 2 aromatic carbocycles. The fourth-order valence-corrected chi connectivity index (χ4v) is 3.67. The molecule has 23 heavy (non-hydrogen) atoms. The van der Waals surface area contributed by atoms with E-state index in [-0.39, 0.29) is 11.5 Å². The highest BCUT2D eigenvalue weighted by Gasteiger charge is 2.16. The fourth-order valence-electron chi connectivity index (χ4n) is 2.76. The first-order chi connectivity index (χ1) is 11.1. The van der Waals surface area contributed by atoms with Crippen LogP contribution in [0.15, 0.2) is 58.7 Å². The van der Waals surface area contributed by atoms with Gasteiger partial charge in [0, 0.05) is 28.1 Å². The van der Waals surface area contributed by atoms with Crippen LogP contribution in [0.5, 0.6) is 0 Å². The molecule has 0 unspecified atom stereocenters. The Morgan fingerprint density at radius 1 is 1.09 bits per heavy atom. The molecular weight excluding hydrogens is 302 g/mol. The molecule has 0 fully saturated rings. The van der Waals surface area contributed by atoms with E-state index < -0.39 is 0 Å². The molecule has 3 aromatic rings. The number of anilines is 1. The van der Waals surface area contributed by atoms with Crippen molar-refractivity contribution in [1.82, 2.24) is 0 Å². The highest BCUT2D eigenvalue weighted by atomic mass is 32.1. The van der Waals surface area contributed by atoms with Gasteiger partial charge < -0.3 is 4.90 Å². The molecule has 0 saturated carbocycles. The number of fused-ring (bicyclic) bond motifs is 1. The molecule has 0 amide bonds. The highest BCUT2D eigenvalue weighted by molar-refractivity contribution is 7.16. The van der Waals surface area contributed by atoms with Gasteiger partial charge in [-0.25, -0.2) is 0 Å². The second-order valence-corrected chi connectivity index (χ2v) is 7.07. The fraction of sp³-hybridized carbons (Fsp3) is 0.250. The van der Waals surface area contributed by atoms with Crippen LogP contribution in [0.1, 0.15) is 25.0 Å². The summed E-state index contributed by atoms with van der Waals surface area (Å²) < 4.78 is 1.05. The van der Waals surface area contributed by atoms with Crippen LogP contribution < -0.4 is 10.3 Å². The lowest BCUT2D eigenvalue weighted by Gasteiger charge is -2.28.